The first kappa shape index (κ1) is 26.0. The van der Waals surface area contributed by atoms with Gasteiger partial charge in [-0.25, -0.2) is 9.97 Å². The van der Waals surface area contributed by atoms with Crippen LogP contribution in [0.15, 0.2) is 162 Å². The van der Waals surface area contributed by atoms with Crippen molar-refractivity contribution >= 4 is 65.3 Å². The van der Waals surface area contributed by atoms with Crippen molar-refractivity contribution in [2.75, 3.05) is 0 Å². The second-order valence-electron chi connectivity index (χ2n) is 12.2. The van der Waals surface area contributed by atoms with E-state index >= 15 is 0 Å². The van der Waals surface area contributed by atoms with Crippen LogP contribution in [-0.2, 0) is 0 Å². The fraction of sp³-hybridized carbons (Fsp3) is 0. The molecule has 10 aromatic rings. The van der Waals surface area contributed by atoms with Gasteiger partial charge in [0.05, 0.1) is 22.4 Å². The minimum absolute atomic E-state index is 0.914. The molecule has 3 heteroatoms. The van der Waals surface area contributed by atoms with Gasteiger partial charge in [0.25, 0.3) is 0 Å². The van der Waals surface area contributed by atoms with Crippen LogP contribution in [0.25, 0.3) is 98.9 Å². The normalized spacial score (nSPS) is 11.8. The Labute approximate surface area is 270 Å². The Morgan fingerprint density at radius 3 is 1.81 bits per heavy atom. The molecule has 0 radical (unpaired) electrons. The van der Waals surface area contributed by atoms with Crippen LogP contribution in [0.3, 0.4) is 0 Å². The van der Waals surface area contributed by atoms with E-state index in [0.29, 0.717) is 0 Å². The highest BCUT2D eigenvalue weighted by molar-refractivity contribution is 6.16. The molecule has 0 aliphatic carbocycles. The van der Waals surface area contributed by atoms with Gasteiger partial charge < -0.3 is 4.42 Å². The summed E-state index contributed by atoms with van der Waals surface area (Å²) in [6, 6.07) is 55.5. The van der Waals surface area contributed by atoms with E-state index in [-0.39, 0.29) is 0 Å². The lowest BCUT2D eigenvalue weighted by Crippen LogP contribution is -1.92. The maximum Gasteiger partial charge on any atom is 0.143 e. The van der Waals surface area contributed by atoms with Gasteiger partial charge >= 0.3 is 0 Å². The highest BCUT2D eigenvalue weighted by atomic mass is 16.3. The summed E-state index contributed by atoms with van der Waals surface area (Å²) in [6.07, 6.45) is 0. The third kappa shape index (κ3) is 4.07. The fourth-order valence-corrected chi connectivity index (χ4v) is 7.15. The van der Waals surface area contributed by atoms with E-state index in [1.807, 2.05) is 30.3 Å². The zero-order chi connectivity index (χ0) is 30.9. The largest absolute Gasteiger partial charge is 0.455 e. The third-order valence-electron chi connectivity index (χ3n) is 9.46. The first-order valence-corrected chi connectivity index (χ1v) is 15.9. The molecule has 0 saturated carbocycles. The molecule has 0 spiro atoms. The first-order valence-electron chi connectivity index (χ1n) is 15.9. The first-order chi connectivity index (χ1) is 23.3. The van der Waals surface area contributed by atoms with Gasteiger partial charge in [-0.2, -0.15) is 0 Å². The number of nitrogens with zero attached hydrogens (tertiary/aromatic N) is 2. The standard InChI is InChI=1S/C44H26N2O/c1-2-8-27(9-3-1)39-24-20-28-16-17-29-21-25-40(46-43(29)42(28)45-39)36-14-7-12-34-32(11-6-13-35(34)36)30-18-22-33-31(26-30)19-23-38-37-10-4-5-15-41(37)47-44(33)38/h1-26H. The average Bonchev–Trinajstić information content (AvgIpc) is 3.53. The second kappa shape index (κ2) is 10.1. The molecule has 3 aromatic heterocycles. The van der Waals surface area contributed by atoms with Gasteiger partial charge in [0.2, 0.25) is 0 Å². The topological polar surface area (TPSA) is 38.9 Å². The zero-order valence-corrected chi connectivity index (χ0v) is 25.3. The van der Waals surface area contributed by atoms with Gasteiger partial charge in [0.1, 0.15) is 11.2 Å². The maximum atomic E-state index is 6.32. The van der Waals surface area contributed by atoms with Crippen molar-refractivity contribution in [1.82, 2.24) is 9.97 Å². The minimum atomic E-state index is 0.914. The number of aromatic nitrogens is 2. The lowest BCUT2D eigenvalue weighted by Gasteiger charge is -2.13. The van der Waals surface area contributed by atoms with Crippen molar-refractivity contribution in [3.63, 3.8) is 0 Å². The van der Waals surface area contributed by atoms with E-state index in [9.17, 15) is 0 Å². The number of para-hydroxylation sites is 1. The lowest BCUT2D eigenvalue weighted by atomic mass is 9.93. The molecule has 0 N–H and O–H groups in total. The third-order valence-corrected chi connectivity index (χ3v) is 9.46. The number of fused-ring (bicyclic) bond motifs is 9. The summed E-state index contributed by atoms with van der Waals surface area (Å²) in [5, 5.41) is 9.11. The molecule has 10 rings (SSSR count). The van der Waals surface area contributed by atoms with Gasteiger partial charge in [-0.1, -0.05) is 121 Å². The molecule has 3 heterocycles. The van der Waals surface area contributed by atoms with Crippen molar-refractivity contribution in [3.8, 4) is 33.6 Å². The molecule has 0 atom stereocenters. The highest BCUT2D eigenvalue weighted by Gasteiger charge is 2.14. The summed E-state index contributed by atoms with van der Waals surface area (Å²) >= 11 is 0. The average molecular weight is 599 g/mol. The number of hydrogen-bond donors (Lipinski definition) is 0. The van der Waals surface area contributed by atoms with E-state index in [4.69, 9.17) is 14.4 Å². The van der Waals surface area contributed by atoms with Gasteiger partial charge in [-0.05, 0) is 63.7 Å². The molecule has 0 aliphatic rings. The number of pyridine rings is 2. The van der Waals surface area contributed by atoms with Crippen molar-refractivity contribution in [2.45, 2.75) is 0 Å². The fourth-order valence-electron chi connectivity index (χ4n) is 7.15. The predicted octanol–water partition coefficient (Wildman–Crippen LogP) is 12.0. The van der Waals surface area contributed by atoms with E-state index in [2.05, 4.69) is 127 Å². The summed E-state index contributed by atoms with van der Waals surface area (Å²) in [5.74, 6) is 0. The highest BCUT2D eigenvalue weighted by Crippen LogP contribution is 2.39. The summed E-state index contributed by atoms with van der Waals surface area (Å²) < 4.78 is 6.32. The second-order valence-corrected chi connectivity index (χ2v) is 12.2. The predicted molar refractivity (Wildman–Crippen MR) is 196 cm³/mol. The van der Waals surface area contributed by atoms with Crippen molar-refractivity contribution in [1.29, 1.82) is 0 Å². The molecule has 218 valence electrons. The Morgan fingerprint density at radius 2 is 0.979 bits per heavy atom. The van der Waals surface area contributed by atoms with Crippen molar-refractivity contribution in [3.05, 3.63) is 158 Å². The smallest absolute Gasteiger partial charge is 0.143 e. The van der Waals surface area contributed by atoms with Crippen LogP contribution in [-0.4, -0.2) is 9.97 Å². The van der Waals surface area contributed by atoms with E-state index in [0.717, 1.165) is 77.0 Å². The van der Waals surface area contributed by atoms with Crippen molar-refractivity contribution in [2.24, 2.45) is 0 Å². The minimum Gasteiger partial charge on any atom is -0.455 e. The van der Waals surface area contributed by atoms with Gasteiger partial charge in [-0.15, -0.1) is 0 Å². The van der Waals surface area contributed by atoms with Crippen LogP contribution in [0, 0.1) is 0 Å². The molecule has 47 heavy (non-hydrogen) atoms. The number of hydrogen-bond acceptors (Lipinski definition) is 3. The van der Waals surface area contributed by atoms with E-state index in [1.54, 1.807) is 0 Å². The van der Waals surface area contributed by atoms with E-state index < -0.39 is 0 Å². The summed E-state index contributed by atoms with van der Waals surface area (Å²) in [6.45, 7) is 0. The zero-order valence-electron chi connectivity index (χ0n) is 25.3. The Balaban J connectivity index is 1.12. The Hall–Kier alpha value is -6.32. The van der Waals surface area contributed by atoms with Crippen LogP contribution < -0.4 is 0 Å². The molecule has 0 fully saturated rings. The van der Waals surface area contributed by atoms with E-state index in [1.165, 1.54) is 21.9 Å². The lowest BCUT2D eigenvalue weighted by molar-refractivity contribution is 0.672. The van der Waals surface area contributed by atoms with Crippen LogP contribution >= 0.6 is 0 Å². The summed E-state index contributed by atoms with van der Waals surface area (Å²) in [4.78, 5) is 10.4. The Morgan fingerprint density at radius 1 is 0.362 bits per heavy atom. The number of benzene rings is 7. The number of furan rings is 1. The van der Waals surface area contributed by atoms with Crippen molar-refractivity contribution < 1.29 is 4.42 Å². The molecule has 3 nitrogen and oxygen atoms in total. The molecule has 0 bridgehead atoms. The molecule has 0 aliphatic heterocycles. The van der Waals surface area contributed by atoms with Crippen LogP contribution in [0.4, 0.5) is 0 Å². The SMILES string of the molecule is c1ccc(-c2ccc3ccc4ccc(-c5cccc6c(-c7ccc8c(ccc9c%10ccccc%10oc89)c7)cccc56)nc4c3n2)cc1. The Kier molecular flexibility index (Phi) is 5.57. The van der Waals surface area contributed by atoms with Gasteiger partial charge in [-0.3, -0.25) is 0 Å². The van der Waals surface area contributed by atoms with Crippen LogP contribution in [0.5, 0.6) is 0 Å². The van der Waals surface area contributed by atoms with Gasteiger partial charge in [0, 0.05) is 38.1 Å². The molecular weight excluding hydrogens is 572 g/mol. The Bertz CT molecular complexity index is 2850. The molecule has 7 aromatic carbocycles. The quantitative estimate of drug-likeness (QED) is 0.190. The maximum absolute atomic E-state index is 6.32. The summed E-state index contributed by atoms with van der Waals surface area (Å²) in [7, 11) is 0. The van der Waals surface area contributed by atoms with Gasteiger partial charge in [0.15, 0.2) is 0 Å². The molecular formula is C44H26N2O. The van der Waals surface area contributed by atoms with Crippen LogP contribution in [0.2, 0.25) is 0 Å². The molecule has 0 unspecified atom stereocenters. The molecule has 0 amide bonds. The number of rotatable bonds is 3. The molecule has 0 saturated heterocycles. The monoisotopic (exact) mass is 598 g/mol. The van der Waals surface area contributed by atoms with Crippen LogP contribution in [0.1, 0.15) is 0 Å². The summed E-state index contributed by atoms with van der Waals surface area (Å²) in [5.41, 5.74) is 10.1.